The summed E-state index contributed by atoms with van der Waals surface area (Å²) >= 11 is 0. The number of aliphatic carboxylic acids is 1. The molecule has 0 spiro atoms. The molecule has 0 saturated heterocycles. The van der Waals surface area contributed by atoms with Crippen molar-refractivity contribution in [3.63, 3.8) is 0 Å². The van der Waals surface area contributed by atoms with Crippen LogP contribution in [0.2, 0.25) is 0 Å². The fourth-order valence-corrected chi connectivity index (χ4v) is 3.56. The van der Waals surface area contributed by atoms with Crippen molar-refractivity contribution in [1.29, 1.82) is 10.5 Å². The van der Waals surface area contributed by atoms with Gasteiger partial charge < -0.3 is 5.11 Å². The first-order valence-electron chi connectivity index (χ1n) is 10.0. The van der Waals surface area contributed by atoms with Crippen LogP contribution in [0.1, 0.15) is 46.7 Å². The van der Waals surface area contributed by atoms with Gasteiger partial charge >= 0.3 is 5.97 Å². The predicted octanol–water partition coefficient (Wildman–Crippen LogP) is 6.18. The molecular weight excluding hydrogens is 422 g/mol. The summed E-state index contributed by atoms with van der Waals surface area (Å²) in [6.45, 7) is 1.90. The maximum atomic E-state index is 14.5. The fourth-order valence-electron chi connectivity index (χ4n) is 3.56. The van der Waals surface area contributed by atoms with Gasteiger partial charge in [-0.25, -0.2) is 13.6 Å². The topological polar surface area (TPSA) is 84.9 Å². The molecule has 3 aromatic rings. The van der Waals surface area contributed by atoms with Gasteiger partial charge in [0.05, 0.1) is 11.1 Å². The molecule has 4 nitrogen and oxygen atoms in total. The Morgan fingerprint density at radius 2 is 1.48 bits per heavy atom. The number of allylic oxidation sites excluding steroid dienone is 1. The summed E-state index contributed by atoms with van der Waals surface area (Å²) in [6.07, 6.45) is 2.98. The van der Waals surface area contributed by atoms with Gasteiger partial charge in [0, 0.05) is 6.08 Å². The van der Waals surface area contributed by atoms with Gasteiger partial charge in [0.25, 0.3) is 0 Å². The molecule has 33 heavy (non-hydrogen) atoms. The summed E-state index contributed by atoms with van der Waals surface area (Å²) in [6, 6.07) is 19.1. The summed E-state index contributed by atoms with van der Waals surface area (Å²) in [7, 11) is 0. The molecule has 0 aromatic heterocycles. The van der Waals surface area contributed by atoms with Crippen molar-refractivity contribution in [2.24, 2.45) is 0 Å². The first-order valence-corrected chi connectivity index (χ1v) is 10.0. The molecule has 0 radical (unpaired) electrons. The molecule has 3 rings (SSSR count). The van der Waals surface area contributed by atoms with Crippen LogP contribution in [0, 0.1) is 34.3 Å². The lowest BCUT2D eigenvalue weighted by molar-refractivity contribution is -0.131. The summed E-state index contributed by atoms with van der Waals surface area (Å²) in [5.74, 6) is -2.47. The molecule has 0 atom stereocenters. The standard InChI is InChI=1S/C27H18F2N2O2/c1-2-23(18-5-3-4-17(12-18)6-11-26(32)33)27(19-7-9-21(15-30)24(28)13-19)20-8-10-22(16-31)25(29)14-20/h3-14H,2H2,1H3,(H,32,33)/b11-6+. The van der Waals surface area contributed by atoms with E-state index in [0.717, 1.165) is 17.2 Å². The van der Waals surface area contributed by atoms with E-state index in [1.807, 2.05) is 13.0 Å². The van der Waals surface area contributed by atoms with Crippen molar-refractivity contribution >= 4 is 23.2 Å². The Morgan fingerprint density at radius 1 is 0.909 bits per heavy atom. The maximum absolute atomic E-state index is 14.5. The number of hydrogen-bond acceptors (Lipinski definition) is 3. The first kappa shape index (κ1) is 23.1. The molecule has 162 valence electrons. The van der Waals surface area contributed by atoms with Gasteiger partial charge in [0.15, 0.2) is 0 Å². The summed E-state index contributed by atoms with van der Waals surface area (Å²) in [5, 5.41) is 27.1. The van der Waals surface area contributed by atoms with Crippen molar-refractivity contribution in [2.45, 2.75) is 13.3 Å². The largest absolute Gasteiger partial charge is 0.478 e. The number of nitrogens with zero attached hydrogens (tertiary/aromatic N) is 2. The molecule has 0 saturated carbocycles. The van der Waals surface area contributed by atoms with Crippen molar-refractivity contribution in [3.05, 3.63) is 112 Å². The van der Waals surface area contributed by atoms with Crippen LogP contribution in [-0.4, -0.2) is 11.1 Å². The zero-order chi connectivity index (χ0) is 24.0. The summed E-state index contributed by atoms with van der Waals surface area (Å²) in [5.41, 5.74) is 3.37. The lowest BCUT2D eigenvalue weighted by Crippen LogP contribution is -1.98. The second kappa shape index (κ2) is 10.2. The van der Waals surface area contributed by atoms with Crippen LogP contribution in [0.3, 0.4) is 0 Å². The number of benzene rings is 3. The number of carboxylic acid groups (broad SMARTS) is 1. The van der Waals surface area contributed by atoms with Crippen LogP contribution >= 0.6 is 0 Å². The molecule has 0 aliphatic rings. The number of nitriles is 2. The van der Waals surface area contributed by atoms with Crippen molar-refractivity contribution < 1.29 is 18.7 Å². The fraction of sp³-hybridized carbons (Fsp3) is 0.0741. The van der Waals surface area contributed by atoms with Gasteiger partial charge in [-0.1, -0.05) is 37.3 Å². The molecule has 6 heteroatoms. The molecule has 0 fully saturated rings. The number of carboxylic acids is 1. The Labute approximate surface area is 190 Å². The third-order valence-corrected chi connectivity index (χ3v) is 5.07. The molecular formula is C27H18F2N2O2. The van der Waals surface area contributed by atoms with E-state index in [-0.39, 0.29) is 11.1 Å². The van der Waals surface area contributed by atoms with Gasteiger partial charge in [-0.2, -0.15) is 10.5 Å². The zero-order valence-corrected chi connectivity index (χ0v) is 17.6. The third kappa shape index (κ3) is 5.20. The Balaban J connectivity index is 2.31. The Morgan fingerprint density at radius 3 is 1.94 bits per heavy atom. The zero-order valence-electron chi connectivity index (χ0n) is 17.6. The minimum absolute atomic E-state index is 0.108. The van der Waals surface area contributed by atoms with Gasteiger partial charge in [-0.15, -0.1) is 0 Å². The quantitative estimate of drug-likeness (QED) is 0.367. The van der Waals surface area contributed by atoms with E-state index in [4.69, 9.17) is 15.6 Å². The first-order chi connectivity index (χ1) is 15.9. The minimum Gasteiger partial charge on any atom is -0.478 e. The van der Waals surface area contributed by atoms with Crippen LogP contribution in [0.15, 0.2) is 66.7 Å². The van der Waals surface area contributed by atoms with E-state index >= 15 is 0 Å². The van der Waals surface area contributed by atoms with Gasteiger partial charge in [-0.3, -0.25) is 0 Å². The van der Waals surface area contributed by atoms with E-state index in [0.29, 0.717) is 28.7 Å². The lowest BCUT2D eigenvalue weighted by Gasteiger charge is -2.17. The maximum Gasteiger partial charge on any atom is 0.328 e. The second-order valence-corrected chi connectivity index (χ2v) is 7.12. The van der Waals surface area contributed by atoms with Gasteiger partial charge in [0.2, 0.25) is 0 Å². The number of carbonyl (C=O) groups is 1. The molecule has 0 bridgehead atoms. The van der Waals surface area contributed by atoms with Crippen LogP contribution in [0.4, 0.5) is 8.78 Å². The average molecular weight is 440 g/mol. The van der Waals surface area contributed by atoms with E-state index in [1.54, 1.807) is 42.5 Å². The highest BCUT2D eigenvalue weighted by molar-refractivity contribution is 5.99. The van der Waals surface area contributed by atoms with E-state index in [1.165, 1.54) is 30.3 Å². The van der Waals surface area contributed by atoms with Crippen LogP contribution in [-0.2, 0) is 4.79 Å². The van der Waals surface area contributed by atoms with Crippen molar-refractivity contribution in [1.82, 2.24) is 0 Å². The molecule has 0 aliphatic heterocycles. The highest BCUT2D eigenvalue weighted by atomic mass is 19.1. The lowest BCUT2D eigenvalue weighted by atomic mass is 9.87. The highest BCUT2D eigenvalue weighted by Gasteiger charge is 2.17. The second-order valence-electron chi connectivity index (χ2n) is 7.12. The molecule has 0 unspecified atom stereocenters. The predicted molar refractivity (Wildman–Crippen MR) is 122 cm³/mol. The van der Waals surface area contributed by atoms with Crippen LogP contribution < -0.4 is 0 Å². The average Bonchev–Trinajstić information content (AvgIpc) is 2.81. The smallest absolute Gasteiger partial charge is 0.328 e. The molecule has 1 N–H and O–H groups in total. The Hall–Kier alpha value is -4.55. The Bertz CT molecular complexity index is 1310. The van der Waals surface area contributed by atoms with Gasteiger partial charge in [0.1, 0.15) is 23.8 Å². The van der Waals surface area contributed by atoms with E-state index < -0.39 is 17.6 Å². The molecule has 0 amide bonds. The molecule has 0 heterocycles. The number of hydrogen-bond donors (Lipinski definition) is 1. The third-order valence-electron chi connectivity index (χ3n) is 5.07. The summed E-state index contributed by atoms with van der Waals surface area (Å²) in [4.78, 5) is 10.9. The molecule has 3 aromatic carbocycles. The normalized spacial score (nSPS) is 10.5. The number of rotatable bonds is 6. The number of halogens is 2. The van der Waals surface area contributed by atoms with Crippen molar-refractivity contribution in [3.8, 4) is 12.1 Å². The van der Waals surface area contributed by atoms with Crippen LogP contribution in [0.5, 0.6) is 0 Å². The van der Waals surface area contributed by atoms with Gasteiger partial charge in [-0.05, 0) is 76.2 Å². The molecule has 0 aliphatic carbocycles. The summed E-state index contributed by atoms with van der Waals surface area (Å²) < 4.78 is 29.0. The monoisotopic (exact) mass is 440 g/mol. The Kier molecular flexibility index (Phi) is 7.13. The van der Waals surface area contributed by atoms with E-state index in [9.17, 15) is 13.6 Å². The highest BCUT2D eigenvalue weighted by Crippen LogP contribution is 2.36. The van der Waals surface area contributed by atoms with Crippen LogP contribution in [0.25, 0.3) is 17.2 Å². The van der Waals surface area contributed by atoms with Crippen molar-refractivity contribution in [2.75, 3.05) is 0 Å². The SMILES string of the molecule is CCC(=C(c1ccc(C#N)c(F)c1)c1ccc(C#N)c(F)c1)c1cccc(/C=C/C(=O)O)c1. The minimum atomic E-state index is -1.08. The van der Waals surface area contributed by atoms with E-state index in [2.05, 4.69) is 0 Å².